The number of nitrogens with zero attached hydrogens (tertiary/aromatic N) is 2. The molecule has 198 valence electrons. The summed E-state index contributed by atoms with van der Waals surface area (Å²) >= 11 is 6.01. The van der Waals surface area contributed by atoms with Crippen LogP contribution in [0.4, 0.5) is 5.69 Å². The molecule has 0 aromatic heterocycles. The van der Waals surface area contributed by atoms with Crippen LogP contribution >= 0.6 is 11.6 Å². The van der Waals surface area contributed by atoms with E-state index in [1.54, 1.807) is 48.5 Å². The van der Waals surface area contributed by atoms with E-state index in [9.17, 15) is 18.0 Å². The predicted octanol–water partition coefficient (Wildman–Crippen LogP) is 4.23. The Morgan fingerprint density at radius 3 is 2.19 bits per heavy atom. The standard InChI is InChI=1S/C26H36ClN3O5S/c1-5-8-17-28-26(32)24(6-2)29(18-20-9-11-21(27)12-10-20)25(31)19-30(36(4,33)34)22-13-15-23(16-14-22)35-7-3/h9-16,24H,5-8,17-19H2,1-4H3,(H,28,32). The van der Waals surface area contributed by atoms with Crippen molar-refractivity contribution in [2.75, 3.05) is 30.3 Å². The highest BCUT2D eigenvalue weighted by Crippen LogP contribution is 2.23. The largest absolute Gasteiger partial charge is 0.494 e. The van der Waals surface area contributed by atoms with E-state index in [0.29, 0.717) is 36.0 Å². The zero-order valence-corrected chi connectivity index (χ0v) is 22.9. The molecule has 0 aliphatic carbocycles. The van der Waals surface area contributed by atoms with E-state index < -0.39 is 28.5 Å². The normalized spacial score (nSPS) is 12.0. The smallest absolute Gasteiger partial charge is 0.244 e. The topological polar surface area (TPSA) is 96.0 Å². The molecule has 2 rings (SSSR count). The first kappa shape index (κ1) is 29.5. The summed E-state index contributed by atoms with van der Waals surface area (Å²) < 4.78 is 31.8. The van der Waals surface area contributed by atoms with Crippen molar-refractivity contribution in [2.45, 2.75) is 52.6 Å². The molecule has 2 aromatic carbocycles. The third kappa shape index (κ3) is 8.71. The van der Waals surface area contributed by atoms with Gasteiger partial charge in [-0.3, -0.25) is 13.9 Å². The fraction of sp³-hybridized carbons (Fsp3) is 0.462. The molecule has 8 nitrogen and oxygen atoms in total. The third-order valence-corrected chi connectivity index (χ3v) is 6.99. The summed E-state index contributed by atoms with van der Waals surface area (Å²) in [5.74, 6) is -0.151. The molecule has 0 saturated carbocycles. The van der Waals surface area contributed by atoms with E-state index in [0.717, 1.165) is 29.0 Å². The van der Waals surface area contributed by atoms with E-state index in [1.807, 2.05) is 20.8 Å². The van der Waals surface area contributed by atoms with Crippen LogP contribution in [0.5, 0.6) is 5.75 Å². The number of carbonyl (C=O) groups is 2. The zero-order valence-electron chi connectivity index (χ0n) is 21.4. The Morgan fingerprint density at radius 1 is 1.03 bits per heavy atom. The maximum Gasteiger partial charge on any atom is 0.244 e. The summed E-state index contributed by atoms with van der Waals surface area (Å²) in [5, 5.41) is 3.45. The Kier molecular flexibility index (Phi) is 11.5. The lowest BCUT2D eigenvalue weighted by molar-refractivity contribution is -0.140. The van der Waals surface area contributed by atoms with Gasteiger partial charge in [-0.1, -0.05) is 44.0 Å². The van der Waals surface area contributed by atoms with Crippen LogP contribution in [-0.2, 0) is 26.2 Å². The fourth-order valence-corrected chi connectivity index (χ4v) is 4.68. The molecule has 0 spiro atoms. The molecule has 1 atom stereocenters. The first-order chi connectivity index (χ1) is 17.1. The highest BCUT2D eigenvalue weighted by molar-refractivity contribution is 7.92. The molecule has 0 saturated heterocycles. The molecule has 36 heavy (non-hydrogen) atoms. The number of carbonyl (C=O) groups excluding carboxylic acids is 2. The second kappa shape index (κ2) is 14.1. The summed E-state index contributed by atoms with van der Waals surface area (Å²) in [5.41, 5.74) is 1.11. The monoisotopic (exact) mass is 537 g/mol. The number of amides is 2. The minimum atomic E-state index is -3.79. The number of sulfonamides is 1. The average Bonchev–Trinajstić information content (AvgIpc) is 2.84. The number of anilines is 1. The van der Waals surface area contributed by atoms with Crippen molar-refractivity contribution in [1.29, 1.82) is 0 Å². The molecular formula is C26H36ClN3O5S. The van der Waals surface area contributed by atoms with Gasteiger partial charge in [0.15, 0.2) is 0 Å². The highest BCUT2D eigenvalue weighted by Gasteiger charge is 2.31. The molecule has 0 fully saturated rings. The summed E-state index contributed by atoms with van der Waals surface area (Å²) in [6, 6.07) is 12.7. The van der Waals surface area contributed by atoms with Gasteiger partial charge in [0, 0.05) is 18.1 Å². The minimum absolute atomic E-state index is 0.136. The van der Waals surface area contributed by atoms with Gasteiger partial charge in [-0.25, -0.2) is 8.42 Å². The lowest BCUT2D eigenvalue weighted by atomic mass is 10.1. The molecule has 0 aliphatic heterocycles. The van der Waals surface area contributed by atoms with Gasteiger partial charge < -0.3 is 15.0 Å². The molecule has 1 unspecified atom stereocenters. The van der Waals surface area contributed by atoms with Gasteiger partial charge in [-0.05, 0) is 61.7 Å². The van der Waals surface area contributed by atoms with Crippen LogP contribution in [0.3, 0.4) is 0 Å². The fourth-order valence-electron chi connectivity index (χ4n) is 3.70. The van der Waals surface area contributed by atoms with Crippen LogP contribution in [0.2, 0.25) is 5.02 Å². The molecule has 2 amide bonds. The third-order valence-electron chi connectivity index (χ3n) is 5.60. The second-order valence-corrected chi connectivity index (χ2v) is 10.8. The molecule has 2 aromatic rings. The average molecular weight is 538 g/mol. The van der Waals surface area contributed by atoms with Crippen LogP contribution in [0.15, 0.2) is 48.5 Å². The van der Waals surface area contributed by atoms with Gasteiger partial charge >= 0.3 is 0 Å². The van der Waals surface area contributed by atoms with Gasteiger partial charge in [0.1, 0.15) is 18.3 Å². The number of rotatable bonds is 14. The number of nitrogens with one attached hydrogen (secondary N) is 1. The Balaban J connectivity index is 2.37. The Bertz CT molecular complexity index is 1090. The Morgan fingerprint density at radius 2 is 1.67 bits per heavy atom. The molecule has 0 heterocycles. The van der Waals surface area contributed by atoms with Crippen LogP contribution in [0.25, 0.3) is 0 Å². The van der Waals surface area contributed by atoms with Gasteiger partial charge in [0.2, 0.25) is 21.8 Å². The predicted molar refractivity (Wildman–Crippen MR) is 144 cm³/mol. The number of hydrogen-bond donors (Lipinski definition) is 1. The van der Waals surface area contributed by atoms with Gasteiger partial charge in [-0.15, -0.1) is 0 Å². The Hall–Kier alpha value is -2.78. The first-order valence-electron chi connectivity index (χ1n) is 12.1. The zero-order chi connectivity index (χ0) is 26.7. The van der Waals surface area contributed by atoms with Crippen LogP contribution < -0.4 is 14.4 Å². The second-order valence-electron chi connectivity index (χ2n) is 8.41. The van der Waals surface area contributed by atoms with Crippen LogP contribution in [0.1, 0.15) is 45.6 Å². The summed E-state index contributed by atoms with van der Waals surface area (Å²) in [7, 11) is -3.79. The number of hydrogen-bond acceptors (Lipinski definition) is 5. The number of benzene rings is 2. The van der Waals surface area contributed by atoms with E-state index >= 15 is 0 Å². The van der Waals surface area contributed by atoms with E-state index in [2.05, 4.69) is 5.32 Å². The SMILES string of the molecule is CCCCNC(=O)C(CC)N(Cc1ccc(Cl)cc1)C(=O)CN(c1ccc(OCC)cc1)S(C)(=O)=O. The maximum absolute atomic E-state index is 13.6. The quantitative estimate of drug-likeness (QED) is 0.364. The molecular weight excluding hydrogens is 502 g/mol. The van der Waals surface area contributed by atoms with Crippen molar-refractivity contribution >= 4 is 39.1 Å². The van der Waals surface area contributed by atoms with Gasteiger partial charge in [-0.2, -0.15) is 0 Å². The van der Waals surface area contributed by atoms with Gasteiger partial charge in [0.25, 0.3) is 0 Å². The molecule has 0 radical (unpaired) electrons. The van der Waals surface area contributed by atoms with Gasteiger partial charge in [0.05, 0.1) is 18.6 Å². The summed E-state index contributed by atoms with van der Waals surface area (Å²) in [4.78, 5) is 28.1. The van der Waals surface area contributed by atoms with E-state index in [-0.39, 0.29) is 12.5 Å². The van der Waals surface area contributed by atoms with E-state index in [4.69, 9.17) is 16.3 Å². The summed E-state index contributed by atoms with van der Waals surface area (Å²) in [6.07, 6.45) is 3.18. The Labute approximate surface area is 219 Å². The maximum atomic E-state index is 13.6. The van der Waals surface area contributed by atoms with Crippen LogP contribution in [-0.4, -0.2) is 57.1 Å². The number of ether oxygens (including phenoxy) is 1. The molecule has 0 aliphatic rings. The van der Waals surface area contributed by atoms with Crippen molar-refractivity contribution in [3.8, 4) is 5.75 Å². The van der Waals surface area contributed by atoms with E-state index in [1.165, 1.54) is 4.90 Å². The molecule has 0 bridgehead atoms. The highest BCUT2D eigenvalue weighted by atomic mass is 35.5. The first-order valence-corrected chi connectivity index (χ1v) is 14.3. The van der Waals surface area contributed by atoms with Crippen molar-refractivity contribution in [2.24, 2.45) is 0 Å². The number of unbranched alkanes of at least 4 members (excludes halogenated alkanes) is 1. The molecule has 10 heteroatoms. The van der Waals surface area contributed by atoms with Crippen molar-refractivity contribution < 1.29 is 22.7 Å². The molecule has 1 N–H and O–H groups in total. The summed E-state index contributed by atoms with van der Waals surface area (Å²) in [6.45, 7) is 6.39. The number of halogens is 1. The minimum Gasteiger partial charge on any atom is -0.494 e. The van der Waals surface area contributed by atoms with Crippen molar-refractivity contribution in [3.05, 3.63) is 59.1 Å². The van der Waals surface area contributed by atoms with Crippen LogP contribution in [0, 0.1) is 0 Å². The lowest BCUT2D eigenvalue weighted by Crippen LogP contribution is -2.52. The van der Waals surface area contributed by atoms with Crippen molar-refractivity contribution in [3.63, 3.8) is 0 Å². The lowest BCUT2D eigenvalue weighted by Gasteiger charge is -2.33. The van der Waals surface area contributed by atoms with Crippen molar-refractivity contribution in [1.82, 2.24) is 10.2 Å².